The standard InChI is InChI=1S/C23H23F2N3OS/c24-19-9-8-16(13-20(19)25)14-28-11-4-7-18(15-28)21(23-26-10-12-30-23)27-22(29)17-5-2-1-3-6-17/h1-3,5-6,8-10,12-13,18,21H,4,7,11,14-15H2,(H,27,29)/t18-,21-/m1/s1. The summed E-state index contributed by atoms with van der Waals surface area (Å²) in [5.74, 6) is -1.59. The van der Waals surface area contributed by atoms with Gasteiger partial charge in [0.25, 0.3) is 5.91 Å². The molecule has 0 aliphatic carbocycles. The monoisotopic (exact) mass is 427 g/mol. The summed E-state index contributed by atoms with van der Waals surface area (Å²) in [6.45, 7) is 2.18. The molecule has 7 heteroatoms. The first-order valence-electron chi connectivity index (χ1n) is 10.0. The van der Waals surface area contributed by atoms with E-state index in [9.17, 15) is 13.6 Å². The maximum Gasteiger partial charge on any atom is 0.251 e. The van der Waals surface area contributed by atoms with Gasteiger partial charge in [-0.25, -0.2) is 13.8 Å². The number of aromatic nitrogens is 1. The molecule has 2 atom stereocenters. The lowest BCUT2D eigenvalue weighted by Gasteiger charge is -2.36. The second-order valence-corrected chi connectivity index (χ2v) is 8.50. The molecule has 4 rings (SSSR count). The molecule has 1 aliphatic heterocycles. The number of nitrogens with one attached hydrogen (secondary N) is 1. The molecule has 4 nitrogen and oxygen atoms in total. The number of halogens is 2. The van der Waals surface area contributed by atoms with Crippen molar-refractivity contribution >= 4 is 17.2 Å². The van der Waals surface area contributed by atoms with Gasteiger partial charge in [-0.1, -0.05) is 24.3 Å². The Morgan fingerprint density at radius 2 is 2.03 bits per heavy atom. The summed E-state index contributed by atoms with van der Waals surface area (Å²) >= 11 is 1.54. The van der Waals surface area contributed by atoms with Crippen molar-refractivity contribution in [1.82, 2.24) is 15.2 Å². The number of amides is 1. The van der Waals surface area contributed by atoms with Crippen molar-refractivity contribution in [3.8, 4) is 0 Å². The molecule has 0 saturated carbocycles. The van der Waals surface area contributed by atoms with Crippen LogP contribution in [0.3, 0.4) is 0 Å². The zero-order valence-corrected chi connectivity index (χ0v) is 17.2. The number of nitrogens with zero attached hydrogens (tertiary/aromatic N) is 2. The van der Waals surface area contributed by atoms with Crippen LogP contribution in [0.1, 0.15) is 39.8 Å². The molecule has 1 amide bonds. The van der Waals surface area contributed by atoms with Crippen LogP contribution in [-0.2, 0) is 6.54 Å². The molecule has 30 heavy (non-hydrogen) atoms. The molecule has 3 aromatic rings. The number of carbonyl (C=O) groups is 1. The van der Waals surface area contributed by atoms with Crippen LogP contribution in [0.2, 0.25) is 0 Å². The van der Waals surface area contributed by atoms with E-state index in [0.717, 1.165) is 36.5 Å². The molecule has 2 heterocycles. The van der Waals surface area contributed by atoms with Gasteiger partial charge in [-0.15, -0.1) is 11.3 Å². The number of hydrogen-bond acceptors (Lipinski definition) is 4. The van der Waals surface area contributed by atoms with Gasteiger partial charge < -0.3 is 5.32 Å². The van der Waals surface area contributed by atoms with E-state index in [1.807, 2.05) is 23.6 Å². The maximum atomic E-state index is 13.6. The van der Waals surface area contributed by atoms with Crippen molar-refractivity contribution in [2.24, 2.45) is 5.92 Å². The van der Waals surface area contributed by atoms with Crippen LogP contribution < -0.4 is 5.32 Å². The second-order valence-electron chi connectivity index (χ2n) is 7.57. The Labute approximate surface area is 178 Å². The van der Waals surface area contributed by atoms with Gasteiger partial charge in [-0.2, -0.15) is 0 Å². The third-order valence-electron chi connectivity index (χ3n) is 5.44. The van der Waals surface area contributed by atoms with Crippen molar-refractivity contribution in [3.05, 3.63) is 87.9 Å². The first-order valence-corrected chi connectivity index (χ1v) is 10.9. The molecule has 1 N–H and O–H groups in total. The van der Waals surface area contributed by atoms with E-state index in [1.165, 1.54) is 23.5 Å². The summed E-state index contributed by atoms with van der Waals surface area (Å²) < 4.78 is 26.8. The Hall–Kier alpha value is -2.64. The van der Waals surface area contributed by atoms with E-state index in [2.05, 4.69) is 15.2 Å². The third-order valence-corrected chi connectivity index (χ3v) is 6.30. The molecule has 0 spiro atoms. The highest BCUT2D eigenvalue weighted by Crippen LogP contribution is 2.32. The molecule has 0 radical (unpaired) electrons. The molecule has 1 aromatic heterocycles. The van der Waals surface area contributed by atoms with Gasteiger partial charge in [0.05, 0.1) is 6.04 Å². The Morgan fingerprint density at radius 1 is 1.20 bits per heavy atom. The normalized spacial score (nSPS) is 18.1. The fourth-order valence-corrected chi connectivity index (χ4v) is 4.77. The summed E-state index contributed by atoms with van der Waals surface area (Å²) in [7, 11) is 0. The highest BCUT2D eigenvalue weighted by molar-refractivity contribution is 7.09. The first kappa shape index (κ1) is 20.6. The zero-order valence-electron chi connectivity index (χ0n) is 16.4. The third kappa shape index (κ3) is 4.91. The Balaban J connectivity index is 1.49. The number of benzene rings is 2. The Bertz CT molecular complexity index is 981. The summed E-state index contributed by atoms with van der Waals surface area (Å²) in [6.07, 6.45) is 3.69. The SMILES string of the molecule is O=C(N[C@@H](c1nccs1)[C@@H]1CCCN(Cc2ccc(F)c(F)c2)C1)c1ccccc1. The number of rotatable bonds is 6. The zero-order chi connectivity index (χ0) is 20.9. The predicted octanol–water partition coefficient (Wildman–Crippen LogP) is 4.80. The van der Waals surface area contributed by atoms with Gasteiger partial charge in [0.2, 0.25) is 0 Å². The molecular weight excluding hydrogens is 404 g/mol. The summed E-state index contributed by atoms with van der Waals surface area (Å²) in [4.78, 5) is 19.5. The molecular formula is C23H23F2N3OS. The molecule has 156 valence electrons. The molecule has 0 bridgehead atoms. The van der Waals surface area contributed by atoms with Crippen LogP contribution in [0.5, 0.6) is 0 Å². The average Bonchev–Trinajstić information content (AvgIpc) is 3.30. The minimum atomic E-state index is -0.831. The quantitative estimate of drug-likeness (QED) is 0.614. The number of carbonyl (C=O) groups excluding carboxylic acids is 1. The van der Waals surface area contributed by atoms with Crippen LogP contribution >= 0.6 is 11.3 Å². The topological polar surface area (TPSA) is 45.2 Å². The van der Waals surface area contributed by atoms with Crippen LogP contribution in [0, 0.1) is 17.6 Å². The summed E-state index contributed by atoms with van der Waals surface area (Å²) in [5.41, 5.74) is 1.36. The van der Waals surface area contributed by atoms with Gasteiger partial charge >= 0.3 is 0 Å². The summed E-state index contributed by atoms with van der Waals surface area (Å²) in [5, 5.41) is 5.98. The minimum Gasteiger partial charge on any atom is -0.342 e. The van der Waals surface area contributed by atoms with Gasteiger partial charge in [0, 0.05) is 30.2 Å². The van der Waals surface area contributed by atoms with Crippen molar-refractivity contribution in [3.63, 3.8) is 0 Å². The predicted molar refractivity (Wildman–Crippen MR) is 113 cm³/mol. The van der Waals surface area contributed by atoms with Crippen LogP contribution in [-0.4, -0.2) is 28.9 Å². The molecule has 0 unspecified atom stereocenters. The van der Waals surface area contributed by atoms with Gasteiger partial charge in [-0.3, -0.25) is 9.69 Å². The minimum absolute atomic E-state index is 0.117. The van der Waals surface area contributed by atoms with Crippen LogP contribution in [0.15, 0.2) is 60.1 Å². The molecule has 1 aliphatic rings. The molecule has 2 aromatic carbocycles. The number of hydrogen-bond donors (Lipinski definition) is 1. The van der Waals surface area contributed by atoms with Crippen LogP contribution in [0.25, 0.3) is 0 Å². The van der Waals surface area contributed by atoms with E-state index in [1.54, 1.807) is 24.4 Å². The van der Waals surface area contributed by atoms with Crippen molar-refractivity contribution in [2.45, 2.75) is 25.4 Å². The largest absolute Gasteiger partial charge is 0.342 e. The van der Waals surface area contributed by atoms with Gasteiger partial charge in [-0.05, 0) is 55.1 Å². The number of likely N-dealkylation sites (tertiary alicyclic amines) is 1. The van der Waals surface area contributed by atoms with E-state index in [-0.39, 0.29) is 17.9 Å². The van der Waals surface area contributed by atoms with Gasteiger partial charge in [0.1, 0.15) is 5.01 Å². The molecule has 1 saturated heterocycles. The first-order chi connectivity index (χ1) is 14.6. The fourth-order valence-electron chi connectivity index (χ4n) is 3.99. The lowest BCUT2D eigenvalue weighted by Crippen LogP contribution is -2.42. The van der Waals surface area contributed by atoms with Crippen molar-refractivity contribution in [1.29, 1.82) is 0 Å². The van der Waals surface area contributed by atoms with Crippen LogP contribution in [0.4, 0.5) is 8.78 Å². The van der Waals surface area contributed by atoms with E-state index in [4.69, 9.17) is 0 Å². The average molecular weight is 428 g/mol. The smallest absolute Gasteiger partial charge is 0.251 e. The lowest BCUT2D eigenvalue weighted by atomic mass is 9.90. The second kappa shape index (κ2) is 9.45. The number of thiazole rings is 1. The number of piperidine rings is 1. The Kier molecular flexibility index (Phi) is 6.50. The maximum absolute atomic E-state index is 13.6. The molecule has 1 fully saturated rings. The highest BCUT2D eigenvalue weighted by atomic mass is 32.1. The highest BCUT2D eigenvalue weighted by Gasteiger charge is 2.31. The van der Waals surface area contributed by atoms with E-state index < -0.39 is 11.6 Å². The van der Waals surface area contributed by atoms with Crippen molar-refractivity contribution in [2.75, 3.05) is 13.1 Å². The van der Waals surface area contributed by atoms with E-state index >= 15 is 0 Å². The van der Waals surface area contributed by atoms with Crippen molar-refractivity contribution < 1.29 is 13.6 Å². The lowest BCUT2D eigenvalue weighted by molar-refractivity contribution is 0.0877. The Morgan fingerprint density at radius 3 is 2.77 bits per heavy atom. The summed E-state index contributed by atoms with van der Waals surface area (Å²) in [6, 6.07) is 13.0. The van der Waals surface area contributed by atoms with E-state index in [0.29, 0.717) is 12.1 Å². The fraction of sp³-hybridized carbons (Fsp3) is 0.304. The van der Waals surface area contributed by atoms with Gasteiger partial charge in [0.15, 0.2) is 11.6 Å².